The maximum Gasteiger partial charge on any atom is 0.123 e. The molecular weight excluding hydrogens is 191 g/mol. The number of amidine groups is 1. The summed E-state index contributed by atoms with van der Waals surface area (Å²) in [6.45, 7) is 4.93. The van der Waals surface area contributed by atoms with E-state index in [1.807, 2.05) is 0 Å². The molecule has 1 aromatic rings. The lowest BCUT2D eigenvalue weighted by Crippen LogP contribution is -2.16. The minimum atomic E-state index is -0.226. The number of rotatable bonds is 4. The SMILES string of the molecule is CC(C)CN=C(N)Cc1ccc(F)cc1. The van der Waals surface area contributed by atoms with Crippen molar-refractivity contribution in [1.82, 2.24) is 0 Å². The van der Waals surface area contributed by atoms with Crippen molar-refractivity contribution in [2.75, 3.05) is 6.54 Å². The van der Waals surface area contributed by atoms with Gasteiger partial charge < -0.3 is 5.73 Å². The molecule has 0 amide bonds. The van der Waals surface area contributed by atoms with Gasteiger partial charge in [-0.15, -0.1) is 0 Å². The number of benzene rings is 1. The highest BCUT2D eigenvalue weighted by atomic mass is 19.1. The second-order valence-corrected chi connectivity index (χ2v) is 4.03. The van der Waals surface area contributed by atoms with Crippen LogP contribution in [0.4, 0.5) is 4.39 Å². The predicted molar refractivity (Wildman–Crippen MR) is 61.4 cm³/mol. The maximum absolute atomic E-state index is 12.6. The van der Waals surface area contributed by atoms with E-state index in [0.29, 0.717) is 18.2 Å². The summed E-state index contributed by atoms with van der Waals surface area (Å²) in [5.74, 6) is 0.892. The molecule has 2 N–H and O–H groups in total. The molecule has 0 saturated heterocycles. The summed E-state index contributed by atoms with van der Waals surface area (Å²) < 4.78 is 12.6. The van der Waals surface area contributed by atoms with Crippen LogP contribution in [0.2, 0.25) is 0 Å². The molecule has 1 aromatic carbocycles. The highest BCUT2D eigenvalue weighted by molar-refractivity contribution is 5.82. The molecule has 3 heteroatoms. The summed E-state index contributed by atoms with van der Waals surface area (Å²) in [6, 6.07) is 6.33. The van der Waals surface area contributed by atoms with Crippen LogP contribution in [-0.2, 0) is 6.42 Å². The Balaban J connectivity index is 2.54. The lowest BCUT2D eigenvalue weighted by Gasteiger charge is -2.03. The summed E-state index contributed by atoms with van der Waals surface area (Å²) >= 11 is 0. The average molecular weight is 208 g/mol. The molecular formula is C12H17FN2. The van der Waals surface area contributed by atoms with Crippen molar-refractivity contribution in [2.24, 2.45) is 16.6 Å². The van der Waals surface area contributed by atoms with Crippen LogP contribution in [0.1, 0.15) is 19.4 Å². The Kier molecular flexibility index (Phi) is 4.28. The van der Waals surface area contributed by atoms with E-state index in [-0.39, 0.29) is 5.82 Å². The van der Waals surface area contributed by atoms with E-state index in [1.54, 1.807) is 12.1 Å². The van der Waals surface area contributed by atoms with Gasteiger partial charge in [-0.1, -0.05) is 26.0 Å². The minimum absolute atomic E-state index is 0.226. The van der Waals surface area contributed by atoms with E-state index in [4.69, 9.17) is 5.73 Å². The lowest BCUT2D eigenvalue weighted by atomic mass is 10.1. The standard InChI is InChI=1S/C12H17FN2/c1-9(2)8-15-12(14)7-10-3-5-11(13)6-4-10/h3-6,9H,7-8H2,1-2H3,(H2,14,15). The van der Waals surface area contributed by atoms with Crippen LogP contribution in [0.5, 0.6) is 0 Å². The highest BCUT2D eigenvalue weighted by Crippen LogP contribution is 2.03. The molecule has 82 valence electrons. The fourth-order valence-corrected chi connectivity index (χ4v) is 1.17. The first-order valence-electron chi connectivity index (χ1n) is 5.11. The molecule has 0 radical (unpaired) electrons. The molecule has 0 saturated carbocycles. The first-order chi connectivity index (χ1) is 7.08. The molecule has 0 aliphatic carbocycles. The van der Waals surface area contributed by atoms with E-state index in [9.17, 15) is 4.39 Å². The van der Waals surface area contributed by atoms with Crippen molar-refractivity contribution in [1.29, 1.82) is 0 Å². The Morgan fingerprint density at radius 3 is 2.47 bits per heavy atom. The molecule has 2 nitrogen and oxygen atoms in total. The van der Waals surface area contributed by atoms with Crippen molar-refractivity contribution < 1.29 is 4.39 Å². The van der Waals surface area contributed by atoms with Crippen LogP contribution in [0.15, 0.2) is 29.3 Å². The predicted octanol–water partition coefficient (Wildman–Crippen LogP) is 2.38. The van der Waals surface area contributed by atoms with Gasteiger partial charge >= 0.3 is 0 Å². The zero-order valence-corrected chi connectivity index (χ0v) is 9.20. The monoisotopic (exact) mass is 208 g/mol. The lowest BCUT2D eigenvalue weighted by molar-refractivity contribution is 0.627. The van der Waals surface area contributed by atoms with Crippen LogP contribution in [0, 0.1) is 11.7 Å². The van der Waals surface area contributed by atoms with Gasteiger partial charge in [0, 0.05) is 13.0 Å². The molecule has 0 fully saturated rings. The summed E-state index contributed by atoms with van der Waals surface area (Å²) in [5, 5.41) is 0. The quantitative estimate of drug-likeness (QED) is 0.598. The molecule has 1 rings (SSSR count). The van der Waals surface area contributed by atoms with Crippen molar-refractivity contribution in [2.45, 2.75) is 20.3 Å². The molecule has 0 bridgehead atoms. The van der Waals surface area contributed by atoms with Gasteiger partial charge in [0.2, 0.25) is 0 Å². The summed E-state index contributed by atoms with van der Waals surface area (Å²) in [6.07, 6.45) is 0.590. The fourth-order valence-electron chi connectivity index (χ4n) is 1.17. The first kappa shape index (κ1) is 11.7. The minimum Gasteiger partial charge on any atom is -0.387 e. The Hall–Kier alpha value is -1.38. The summed E-state index contributed by atoms with van der Waals surface area (Å²) in [5.41, 5.74) is 6.74. The number of nitrogens with two attached hydrogens (primary N) is 1. The van der Waals surface area contributed by atoms with Crippen LogP contribution < -0.4 is 5.73 Å². The van der Waals surface area contributed by atoms with Crippen LogP contribution in [-0.4, -0.2) is 12.4 Å². The smallest absolute Gasteiger partial charge is 0.123 e. The maximum atomic E-state index is 12.6. The molecule has 15 heavy (non-hydrogen) atoms. The normalized spacial score (nSPS) is 12.1. The third-order valence-electron chi connectivity index (χ3n) is 1.96. The van der Waals surface area contributed by atoms with Crippen molar-refractivity contribution in [3.63, 3.8) is 0 Å². The van der Waals surface area contributed by atoms with E-state index >= 15 is 0 Å². The van der Waals surface area contributed by atoms with E-state index in [2.05, 4.69) is 18.8 Å². The highest BCUT2D eigenvalue weighted by Gasteiger charge is 1.98. The third kappa shape index (κ3) is 4.58. The Morgan fingerprint density at radius 2 is 1.93 bits per heavy atom. The van der Waals surface area contributed by atoms with Gasteiger partial charge in [0.05, 0.1) is 5.84 Å². The van der Waals surface area contributed by atoms with Crippen molar-refractivity contribution >= 4 is 5.84 Å². The topological polar surface area (TPSA) is 38.4 Å². The number of halogens is 1. The molecule has 0 aliphatic rings. The number of aliphatic imine (C=N–C) groups is 1. The second-order valence-electron chi connectivity index (χ2n) is 4.03. The molecule has 0 aliphatic heterocycles. The van der Waals surface area contributed by atoms with Gasteiger partial charge in [-0.2, -0.15) is 0 Å². The van der Waals surface area contributed by atoms with Crippen LogP contribution in [0.3, 0.4) is 0 Å². The number of hydrogen-bond donors (Lipinski definition) is 1. The second kappa shape index (κ2) is 5.49. The molecule has 0 atom stereocenters. The number of hydrogen-bond acceptors (Lipinski definition) is 1. The summed E-state index contributed by atoms with van der Waals surface area (Å²) in [7, 11) is 0. The van der Waals surface area contributed by atoms with Crippen molar-refractivity contribution in [3.05, 3.63) is 35.6 Å². The van der Waals surface area contributed by atoms with Crippen LogP contribution in [0.25, 0.3) is 0 Å². The van der Waals surface area contributed by atoms with E-state index in [1.165, 1.54) is 12.1 Å². The van der Waals surface area contributed by atoms with Gasteiger partial charge in [-0.05, 0) is 23.6 Å². The summed E-state index contributed by atoms with van der Waals surface area (Å²) in [4.78, 5) is 4.24. The van der Waals surface area contributed by atoms with Gasteiger partial charge in [-0.25, -0.2) is 4.39 Å². The Labute approximate surface area is 90.0 Å². The van der Waals surface area contributed by atoms with Crippen molar-refractivity contribution in [3.8, 4) is 0 Å². The fraction of sp³-hybridized carbons (Fsp3) is 0.417. The van der Waals surface area contributed by atoms with Gasteiger partial charge in [-0.3, -0.25) is 4.99 Å². The van der Waals surface area contributed by atoms with E-state index in [0.717, 1.165) is 12.1 Å². The van der Waals surface area contributed by atoms with Gasteiger partial charge in [0.25, 0.3) is 0 Å². The molecule has 0 aromatic heterocycles. The van der Waals surface area contributed by atoms with Gasteiger partial charge in [0.15, 0.2) is 0 Å². The Bertz CT molecular complexity index is 328. The first-order valence-corrected chi connectivity index (χ1v) is 5.11. The third-order valence-corrected chi connectivity index (χ3v) is 1.96. The number of nitrogens with zero attached hydrogens (tertiary/aromatic N) is 1. The Morgan fingerprint density at radius 1 is 1.33 bits per heavy atom. The molecule has 0 unspecified atom stereocenters. The van der Waals surface area contributed by atoms with E-state index < -0.39 is 0 Å². The van der Waals surface area contributed by atoms with Crippen LogP contribution >= 0.6 is 0 Å². The molecule has 0 heterocycles. The molecule has 0 spiro atoms. The van der Waals surface area contributed by atoms with Gasteiger partial charge in [0.1, 0.15) is 5.82 Å². The zero-order valence-electron chi connectivity index (χ0n) is 9.20. The largest absolute Gasteiger partial charge is 0.387 e. The average Bonchev–Trinajstić information content (AvgIpc) is 2.19. The zero-order chi connectivity index (χ0) is 11.3.